The fourth-order valence-corrected chi connectivity index (χ4v) is 3.67. The first-order valence-corrected chi connectivity index (χ1v) is 9.58. The van der Waals surface area contributed by atoms with E-state index in [4.69, 9.17) is 9.47 Å². The SMILES string of the molecule is CC(=O)c1cc2c(cc1NC(=O)C[NH+]1CCN(c3ccc(F)cc3)CC1)OCO2. The van der Waals surface area contributed by atoms with E-state index >= 15 is 0 Å². The van der Waals surface area contributed by atoms with Gasteiger partial charge in [-0.05, 0) is 37.3 Å². The van der Waals surface area contributed by atoms with Crippen molar-refractivity contribution in [2.45, 2.75) is 6.92 Å². The molecule has 0 saturated carbocycles. The molecule has 2 aliphatic heterocycles. The first-order valence-electron chi connectivity index (χ1n) is 9.58. The zero-order valence-corrected chi connectivity index (χ0v) is 16.2. The third kappa shape index (κ3) is 4.32. The van der Waals surface area contributed by atoms with Crippen molar-refractivity contribution in [2.24, 2.45) is 0 Å². The molecule has 0 atom stereocenters. The van der Waals surface area contributed by atoms with Crippen LogP contribution in [0.5, 0.6) is 11.5 Å². The summed E-state index contributed by atoms with van der Waals surface area (Å²) in [4.78, 5) is 27.9. The molecule has 152 valence electrons. The smallest absolute Gasteiger partial charge is 0.279 e. The number of hydrogen-bond acceptors (Lipinski definition) is 5. The summed E-state index contributed by atoms with van der Waals surface area (Å²) in [7, 11) is 0. The summed E-state index contributed by atoms with van der Waals surface area (Å²) in [5.74, 6) is 0.472. The third-order valence-corrected chi connectivity index (χ3v) is 5.24. The van der Waals surface area contributed by atoms with Crippen LogP contribution in [0.1, 0.15) is 17.3 Å². The maximum absolute atomic E-state index is 13.1. The minimum Gasteiger partial charge on any atom is -0.454 e. The second-order valence-electron chi connectivity index (χ2n) is 7.25. The maximum atomic E-state index is 13.1. The van der Waals surface area contributed by atoms with Crippen LogP contribution in [0.25, 0.3) is 0 Å². The molecule has 1 amide bonds. The lowest BCUT2D eigenvalue weighted by atomic mass is 10.1. The van der Waals surface area contributed by atoms with Crippen LogP contribution in [-0.2, 0) is 4.79 Å². The van der Waals surface area contributed by atoms with Crippen molar-refractivity contribution in [1.82, 2.24) is 0 Å². The summed E-state index contributed by atoms with van der Waals surface area (Å²) in [6, 6.07) is 9.71. The molecule has 29 heavy (non-hydrogen) atoms. The van der Waals surface area contributed by atoms with Crippen molar-refractivity contribution in [2.75, 3.05) is 49.7 Å². The van der Waals surface area contributed by atoms with Gasteiger partial charge >= 0.3 is 0 Å². The number of nitrogens with one attached hydrogen (secondary N) is 2. The van der Waals surface area contributed by atoms with E-state index in [1.54, 1.807) is 24.3 Å². The number of piperazine rings is 1. The molecule has 0 aromatic heterocycles. The van der Waals surface area contributed by atoms with E-state index in [2.05, 4.69) is 10.2 Å². The molecule has 8 heteroatoms. The highest BCUT2D eigenvalue weighted by Crippen LogP contribution is 2.37. The summed E-state index contributed by atoms with van der Waals surface area (Å²) in [6.45, 7) is 5.04. The molecule has 0 unspecified atom stereocenters. The minimum atomic E-state index is -0.247. The number of fused-ring (bicyclic) bond motifs is 1. The van der Waals surface area contributed by atoms with Gasteiger partial charge in [0.1, 0.15) is 5.82 Å². The zero-order valence-electron chi connectivity index (χ0n) is 16.2. The average Bonchev–Trinajstić information content (AvgIpc) is 3.16. The van der Waals surface area contributed by atoms with Crippen molar-refractivity contribution in [3.63, 3.8) is 0 Å². The van der Waals surface area contributed by atoms with Crippen LogP contribution >= 0.6 is 0 Å². The summed E-state index contributed by atoms with van der Waals surface area (Å²) >= 11 is 0. The molecule has 2 aliphatic rings. The number of rotatable bonds is 5. The average molecular weight is 400 g/mol. The summed E-state index contributed by atoms with van der Waals surface area (Å²) in [5, 5.41) is 2.85. The number of benzene rings is 2. The lowest BCUT2D eigenvalue weighted by Crippen LogP contribution is -3.15. The molecular formula is C21H23FN3O4+. The number of ketones is 1. The van der Waals surface area contributed by atoms with Crippen LogP contribution in [-0.4, -0.2) is 51.2 Å². The molecule has 7 nitrogen and oxygen atoms in total. The number of hydrogen-bond donors (Lipinski definition) is 2. The van der Waals surface area contributed by atoms with Crippen molar-refractivity contribution in [3.05, 3.63) is 47.8 Å². The van der Waals surface area contributed by atoms with Gasteiger partial charge in [0.2, 0.25) is 6.79 Å². The number of anilines is 2. The summed E-state index contributed by atoms with van der Waals surface area (Å²) < 4.78 is 23.7. The Hall–Kier alpha value is -3.13. The number of carbonyl (C=O) groups is 2. The van der Waals surface area contributed by atoms with Gasteiger partial charge in [-0.1, -0.05) is 0 Å². The molecule has 2 heterocycles. The van der Waals surface area contributed by atoms with Gasteiger partial charge in [0.15, 0.2) is 23.8 Å². The van der Waals surface area contributed by atoms with Gasteiger partial charge in [0.05, 0.1) is 31.9 Å². The van der Waals surface area contributed by atoms with Crippen molar-refractivity contribution >= 4 is 23.1 Å². The van der Waals surface area contributed by atoms with Gasteiger partial charge in [-0.25, -0.2) is 4.39 Å². The van der Waals surface area contributed by atoms with E-state index in [1.807, 2.05) is 0 Å². The maximum Gasteiger partial charge on any atom is 0.279 e. The Bertz CT molecular complexity index is 924. The Kier molecular flexibility index (Phi) is 5.35. The van der Waals surface area contributed by atoms with Crippen LogP contribution in [0, 0.1) is 5.82 Å². The van der Waals surface area contributed by atoms with Crippen molar-refractivity contribution < 1.29 is 28.4 Å². The fourth-order valence-electron chi connectivity index (χ4n) is 3.67. The highest BCUT2D eigenvalue weighted by molar-refractivity contribution is 6.04. The Labute approximate surface area is 168 Å². The number of nitrogens with zero attached hydrogens (tertiary/aromatic N) is 1. The molecule has 0 radical (unpaired) electrons. The van der Waals surface area contributed by atoms with Crippen LogP contribution in [0.4, 0.5) is 15.8 Å². The van der Waals surface area contributed by atoms with Gasteiger partial charge in [-0.2, -0.15) is 0 Å². The highest BCUT2D eigenvalue weighted by Gasteiger charge is 2.24. The first kappa shape index (κ1) is 19.2. The Morgan fingerprint density at radius 1 is 1.10 bits per heavy atom. The predicted octanol–water partition coefficient (Wildman–Crippen LogP) is 1.10. The number of ether oxygens (including phenoxy) is 2. The van der Waals surface area contributed by atoms with Crippen molar-refractivity contribution in [1.29, 1.82) is 0 Å². The normalized spacial score (nSPS) is 16.0. The molecule has 4 rings (SSSR count). The van der Waals surface area contributed by atoms with Crippen LogP contribution in [0.2, 0.25) is 0 Å². The van der Waals surface area contributed by atoms with Gasteiger partial charge in [-0.3, -0.25) is 9.59 Å². The highest BCUT2D eigenvalue weighted by atomic mass is 19.1. The minimum absolute atomic E-state index is 0.104. The molecule has 1 fully saturated rings. The standard InChI is InChI=1S/C21H22FN3O4/c1-14(26)17-10-19-20(29-13-28-19)11-18(17)23-21(27)12-24-6-8-25(9-7-24)16-4-2-15(22)3-5-16/h2-5,10-11H,6-9,12-13H2,1H3,(H,23,27)/p+1. The van der Waals surface area contributed by atoms with Gasteiger partial charge < -0.3 is 24.6 Å². The van der Waals surface area contributed by atoms with E-state index in [-0.39, 0.29) is 24.3 Å². The quantitative estimate of drug-likeness (QED) is 0.736. The molecule has 1 saturated heterocycles. The number of halogens is 1. The Morgan fingerprint density at radius 3 is 2.41 bits per heavy atom. The fraction of sp³-hybridized carbons (Fsp3) is 0.333. The van der Waals surface area contributed by atoms with Crippen molar-refractivity contribution in [3.8, 4) is 11.5 Å². The molecule has 2 N–H and O–H groups in total. The number of carbonyl (C=O) groups excluding carboxylic acids is 2. The molecule has 2 aromatic rings. The van der Waals surface area contributed by atoms with Crippen LogP contribution in [0.15, 0.2) is 36.4 Å². The lowest BCUT2D eigenvalue weighted by Gasteiger charge is -2.33. The monoisotopic (exact) mass is 400 g/mol. The number of quaternary nitrogens is 1. The van der Waals surface area contributed by atoms with Gasteiger partial charge in [0.25, 0.3) is 5.91 Å². The summed E-state index contributed by atoms with van der Waals surface area (Å²) in [6.07, 6.45) is 0. The topological polar surface area (TPSA) is 72.3 Å². The molecular weight excluding hydrogens is 377 g/mol. The Morgan fingerprint density at radius 2 is 1.76 bits per heavy atom. The lowest BCUT2D eigenvalue weighted by molar-refractivity contribution is -0.892. The Balaban J connectivity index is 1.35. The van der Waals surface area contributed by atoms with Gasteiger partial charge in [-0.15, -0.1) is 0 Å². The molecule has 0 spiro atoms. The first-order chi connectivity index (χ1) is 14.0. The second-order valence-corrected chi connectivity index (χ2v) is 7.25. The zero-order chi connectivity index (χ0) is 20.4. The molecule has 0 bridgehead atoms. The number of Topliss-reactive ketones (excluding diaryl/α,β-unsaturated/α-hetero) is 1. The second kappa shape index (κ2) is 8.08. The molecule has 2 aromatic carbocycles. The van der Waals surface area contributed by atoms with E-state index in [0.717, 1.165) is 36.8 Å². The van der Waals surface area contributed by atoms with Gasteiger partial charge in [0, 0.05) is 17.3 Å². The predicted molar refractivity (Wildman–Crippen MR) is 105 cm³/mol. The van der Waals surface area contributed by atoms with E-state index in [0.29, 0.717) is 29.3 Å². The van der Waals surface area contributed by atoms with E-state index in [1.165, 1.54) is 19.1 Å². The summed E-state index contributed by atoms with van der Waals surface area (Å²) in [5.41, 5.74) is 1.83. The van der Waals surface area contributed by atoms with E-state index in [9.17, 15) is 14.0 Å². The van der Waals surface area contributed by atoms with Crippen LogP contribution < -0.4 is 24.6 Å². The van der Waals surface area contributed by atoms with E-state index < -0.39 is 0 Å². The van der Waals surface area contributed by atoms with Crippen LogP contribution in [0.3, 0.4) is 0 Å². The number of amides is 1. The largest absolute Gasteiger partial charge is 0.454 e. The third-order valence-electron chi connectivity index (χ3n) is 5.24. The molecule has 0 aliphatic carbocycles.